The van der Waals surface area contributed by atoms with E-state index in [1.165, 1.54) is 24.3 Å². The number of hydrogen-bond donors (Lipinski definition) is 0. The van der Waals surface area contributed by atoms with Crippen LogP contribution in [0.15, 0.2) is 24.3 Å². The molecular formula is C9H10NO5S. The lowest BCUT2D eigenvalue weighted by Gasteiger charge is -2.04. The van der Waals surface area contributed by atoms with Gasteiger partial charge in [0.2, 0.25) is 0 Å². The number of benzene rings is 1. The van der Waals surface area contributed by atoms with Crippen LogP contribution in [0.1, 0.15) is 12.5 Å². The van der Waals surface area contributed by atoms with Gasteiger partial charge in [-0.3, -0.25) is 10.1 Å². The second-order valence-corrected chi connectivity index (χ2v) is 5.58. The lowest BCUT2D eigenvalue weighted by Crippen LogP contribution is -2.17. The molecule has 0 aliphatic carbocycles. The van der Waals surface area contributed by atoms with Gasteiger partial charge in [-0.05, 0) is 12.5 Å². The van der Waals surface area contributed by atoms with Crippen molar-refractivity contribution in [2.24, 2.45) is 0 Å². The van der Waals surface area contributed by atoms with Crippen molar-refractivity contribution in [3.05, 3.63) is 39.9 Å². The second-order valence-electron chi connectivity index (χ2n) is 3.30. The summed E-state index contributed by atoms with van der Waals surface area (Å²) < 4.78 is 22.5. The van der Waals surface area contributed by atoms with E-state index in [4.69, 9.17) is 0 Å². The van der Waals surface area contributed by atoms with Crippen LogP contribution in [-0.4, -0.2) is 18.8 Å². The third-order valence-electron chi connectivity index (χ3n) is 2.02. The van der Waals surface area contributed by atoms with Crippen LogP contribution in [0.5, 0.6) is 0 Å². The molecular weight excluding hydrogens is 234 g/mol. The number of rotatable bonds is 4. The molecule has 1 aromatic rings. The summed E-state index contributed by atoms with van der Waals surface area (Å²) in [5.41, 5.74) is -1.44. The fraction of sp³-hybridized carbons (Fsp3) is 0.333. The van der Waals surface area contributed by atoms with Crippen LogP contribution in [-0.2, 0) is 20.7 Å². The molecule has 0 amide bonds. The molecule has 0 saturated carbocycles. The van der Waals surface area contributed by atoms with E-state index in [-0.39, 0.29) is 5.69 Å². The van der Waals surface area contributed by atoms with Crippen LogP contribution >= 0.6 is 0 Å². The lowest BCUT2D eigenvalue weighted by atomic mass is 10.2. The first-order chi connectivity index (χ1) is 7.33. The Labute approximate surface area is 92.6 Å². The van der Waals surface area contributed by atoms with Crippen molar-refractivity contribution in [1.29, 1.82) is 0 Å². The van der Waals surface area contributed by atoms with E-state index in [1.807, 2.05) is 0 Å². The number of hydrogen-bond acceptors (Lipinski definition) is 4. The summed E-state index contributed by atoms with van der Waals surface area (Å²) in [7, 11) is -3.71. The minimum Gasteiger partial charge on any atom is -0.258 e. The smallest absolute Gasteiger partial charge is 0.258 e. The van der Waals surface area contributed by atoms with Gasteiger partial charge in [-0.2, -0.15) is 0 Å². The van der Waals surface area contributed by atoms with Crippen molar-refractivity contribution in [2.75, 3.05) is 0 Å². The molecule has 1 radical (unpaired) electrons. The molecule has 6 nitrogen and oxygen atoms in total. The maximum atomic E-state index is 11.3. The SMILES string of the molecule is CC([O])S(=O)(=O)Cc1ccc([N+](=O)[O-])cc1. The van der Waals surface area contributed by atoms with Gasteiger partial charge >= 0.3 is 0 Å². The Hall–Kier alpha value is -1.47. The Morgan fingerprint density at radius 2 is 1.81 bits per heavy atom. The molecule has 0 N–H and O–H groups in total. The van der Waals surface area contributed by atoms with Gasteiger partial charge in [-0.15, -0.1) is 0 Å². The zero-order valence-electron chi connectivity index (χ0n) is 8.49. The minimum absolute atomic E-state index is 0.115. The monoisotopic (exact) mass is 244 g/mol. The fourth-order valence-electron chi connectivity index (χ4n) is 1.06. The van der Waals surface area contributed by atoms with E-state index in [0.29, 0.717) is 5.56 Å². The third kappa shape index (κ3) is 3.01. The van der Waals surface area contributed by atoms with Crippen LogP contribution in [0.25, 0.3) is 0 Å². The van der Waals surface area contributed by atoms with Crippen molar-refractivity contribution >= 4 is 15.5 Å². The largest absolute Gasteiger partial charge is 0.269 e. The van der Waals surface area contributed by atoms with Crippen molar-refractivity contribution in [3.8, 4) is 0 Å². The maximum absolute atomic E-state index is 11.3. The topological polar surface area (TPSA) is 97.2 Å². The highest BCUT2D eigenvalue weighted by Gasteiger charge is 2.20. The quantitative estimate of drug-likeness (QED) is 0.588. The number of nitro groups is 1. The molecule has 0 fully saturated rings. The number of nitrogens with zero attached hydrogens (tertiary/aromatic N) is 1. The van der Waals surface area contributed by atoms with E-state index < -0.39 is 25.9 Å². The first kappa shape index (κ1) is 12.6. The van der Waals surface area contributed by atoms with Crippen molar-refractivity contribution in [1.82, 2.24) is 0 Å². The molecule has 87 valence electrons. The Morgan fingerprint density at radius 3 is 2.19 bits per heavy atom. The minimum atomic E-state index is -3.71. The Bertz CT molecular complexity index is 477. The molecule has 0 spiro atoms. The zero-order valence-corrected chi connectivity index (χ0v) is 9.31. The van der Waals surface area contributed by atoms with E-state index in [9.17, 15) is 23.6 Å². The summed E-state index contributed by atoms with van der Waals surface area (Å²) in [6, 6.07) is 5.08. The average molecular weight is 244 g/mol. The molecule has 1 rings (SSSR count). The normalized spacial score (nSPS) is 13.4. The van der Waals surface area contributed by atoms with Gasteiger partial charge in [0, 0.05) is 12.1 Å². The second kappa shape index (κ2) is 4.58. The standard InChI is InChI=1S/C9H10NO5S/c1-7(11)16(14,15)6-8-2-4-9(5-3-8)10(12)13/h2-5,7H,6H2,1H3. The summed E-state index contributed by atoms with van der Waals surface area (Å²) in [6.45, 7) is 1.06. The van der Waals surface area contributed by atoms with Crippen LogP contribution in [0, 0.1) is 10.1 Å². The molecule has 1 atom stereocenters. The summed E-state index contributed by atoms with van der Waals surface area (Å²) >= 11 is 0. The van der Waals surface area contributed by atoms with Gasteiger partial charge in [0.15, 0.2) is 15.3 Å². The molecule has 0 aliphatic rings. The van der Waals surface area contributed by atoms with Gasteiger partial charge in [0.1, 0.15) is 0 Å². The van der Waals surface area contributed by atoms with Crippen LogP contribution in [0.2, 0.25) is 0 Å². The molecule has 7 heteroatoms. The van der Waals surface area contributed by atoms with E-state index in [1.54, 1.807) is 0 Å². The molecule has 0 heterocycles. The fourth-order valence-corrected chi connectivity index (χ4v) is 1.96. The summed E-state index contributed by atoms with van der Waals surface area (Å²) in [5, 5.41) is 21.2. The van der Waals surface area contributed by atoms with Crippen molar-refractivity contribution < 1.29 is 18.4 Å². The van der Waals surface area contributed by atoms with Gasteiger partial charge in [-0.1, -0.05) is 12.1 Å². The van der Waals surface area contributed by atoms with Crippen molar-refractivity contribution in [2.45, 2.75) is 18.1 Å². The highest BCUT2D eigenvalue weighted by molar-refractivity contribution is 7.91. The van der Waals surface area contributed by atoms with Gasteiger partial charge in [-0.25, -0.2) is 13.5 Å². The van der Waals surface area contributed by atoms with Crippen LogP contribution in [0.3, 0.4) is 0 Å². The number of nitro benzene ring substituents is 1. The zero-order chi connectivity index (χ0) is 12.3. The summed E-state index contributed by atoms with van der Waals surface area (Å²) in [4.78, 5) is 9.77. The predicted molar refractivity (Wildman–Crippen MR) is 55.9 cm³/mol. The maximum Gasteiger partial charge on any atom is 0.269 e. The van der Waals surface area contributed by atoms with Crippen LogP contribution < -0.4 is 0 Å². The van der Waals surface area contributed by atoms with Crippen LogP contribution in [0.4, 0.5) is 5.69 Å². The molecule has 1 aromatic carbocycles. The summed E-state index contributed by atoms with van der Waals surface area (Å²) in [5.74, 6) is -0.393. The molecule has 1 unspecified atom stereocenters. The molecule has 0 saturated heterocycles. The van der Waals surface area contributed by atoms with Gasteiger partial charge in [0.05, 0.1) is 10.7 Å². The number of sulfone groups is 1. The highest BCUT2D eigenvalue weighted by Crippen LogP contribution is 2.15. The molecule has 0 bridgehead atoms. The van der Waals surface area contributed by atoms with Gasteiger partial charge < -0.3 is 0 Å². The van der Waals surface area contributed by atoms with E-state index in [0.717, 1.165) is 6.92 Å². The van der Waals surface area contributed by atoms with E-state index >= 15 is 0 Å². The molecule has 0 aromatic heterocycles. The Kier molecular flexibility index (Phi) is 3.61. The molecule has 16 heavy (non-hydrogen) atoms. The average Bonchev–Trinajstić information content (AvgIpc) is 2.17. The predicted octanol–water partition coefficient (Wildman–Crippen LogP) is 1.29. The van der Waals surface area contributed by atoms with Crippen molar-refractivity contribution in [3.63, 3.8) is 0 Å². The molecule has 0 aliphatic heterocycles. The summed E-state index contributed by atoms with van der Waals surface area (Å²) in [6.07, 6.45) is 0. The number of non-ortho nitro benzene ring substituents is 1. The lowest BCUT2D eigenvalue weighted by molar-refractivity contribution is -0.384. The van der Waals surface area contributed by atoms with E-state index in [2.05, 4.69) is 0 Å². The first-order valence-corrected chi connectivity index (χ1v) is 6.15. The highest BCUT2D eigenvalue weighted by atomic mass is 32.2. The Morgan fingerprint density at radius 1 is 1.31 bits per heavy atom. The first-order valence-electron chi connectivity index (χ1n) is 4.43. The third-order valence-corrected chi connectivity index (χ3v) is 3.77. The Balaban J connectivity index is 2.89. The van der Waals surface area contributed by atoms with Gasteiger partial charge in [0.25, 0.3) is 5.69 Å².